The van der Waals surface area contributed by atoms with Crippen LogP contribution in [0.4, 0.5) is 11.5 Å². The van der Waals surface area contributed by atoms with Gasteiger partial charge in [-0.2, -0.15) is 0 Å². The third kappa shape index (κ3) is 3.37. The molecule has 0 radical (unpaired) electrons. The number of hydrogen-bond acceptors (Lipinski definition) is 4. The summed E-state index contributed by atoms with van der Waals surface area (Å²) in [6, 6.07) is 11.4. The number of halogens is 1. The van der Waals surface area contributed by atoms with E-state index in [0.29, 0.717) is 5.02 Å². The Morgan fingerprint density at radius 1 is 1.04 bits per heavy atom. The molecule has 3 rings (SSSR count). The number of aromatic nitrogens is 1. The van der Waals surface area contributed by atoms with E-state index in [1.54, 1.807) is 6.20 Å². The molecular weight excluding hydrogens is 310 g/mol. The molecule has 120 valence electrons. The van der Waals surface area contributed by atoms with Crippen molar-refractivity contribution in [3.05, 3.63) is 47.6 Å². The van der Waals surface area contributed by atoms with Crippen molar-refractivity contribution in [3.63, 3.8) is 0 Å². The van der Waals surface area contributed by atoms with E-state index < -0.39 is 7.12 Å². The number of rotatable bonds is 3. The van der Waals surface area contributed by atoms with Crippen LogP contribution in [0, 0.1) is 0 Å². The van der Waals surface area contributed by atoms with Gasteiger partial charge in [-0.3, -0.25) is 0 Å². The minimum atomic E-state index is -0.442. The summed E-state index contributed by atoms with van der Waals surface area (Å²) in [6.45, 7) is 8.13. The Morgan fingerprint density at radius 3 is 2.35 bits per heavy atom. The number of benzene rings is 1. The zero-order valence-corrected chi connectivity index (χ0v) is 14.5. The van der Waals surface area contributed by atoms with Crippen LogP contribution < -0.4 is 10.8 Å². The molecule has 0 saturated carbocycles. The van der Waals surface area contributed by atoms with Crippen LogP contribution in [0.25, 0.3) is 0 Å². The summed E-state index contributed by atoms with van der Waals surface area (Å²) >= 11 is 6.27. The van der Waals surface area contributed by atoms with Gasteiger partial charge in [-0.25, -0.2) is 4.98 Å². The molecular formula is C17H20BClN2O2. The lowest BCUT2D eigenvalue weighted by Crippen LogP contribution is -2.41. The van der Waals surface area contributed by atoms with Gasteiger partial charge in [-0.05, 0) is 63.5 Å². The Balaban J connectivity index is 1.87. The van der Waals surface area contributed by atoms with Crippen LogP contribution in [0.3, 0.4) is 0 Å². The van der Waals surface area contributed by atoms with E-state index in [1.807, 2.05) is 64.1 Å². The largest absolute Gasteiger partial charge is 0.494 e. The first-order valence-electron chi connectivity index (χ1n) is 7.61. The lowest BCUT2D eigenvalue weighted by Gasteiger charge is -2.32. The average Bonchev–Trinajstić information content (AvgIpc) is 2.68. The zero-order chi connectivity index (χ0) is 16.7. The van der Waals surface area contributed by atoms with Crippen molar-refractivity contribution < 1.29 is 9.31 Å². The highest BCUT2D eigenvalue weighted by Crippen LogP contribution is 2.36. The van der Waals surface area contributed by atoms with Gasteiger partial charge in [-0.15, -0.1) is 0 Å². The molecule has 0 aliphatic carbocycles. The molecule has 23 heavy (non-hydrogen) atoms. The van der Waals surface area contributed by atoms with Crippen molar-refractivity contribution in [1.82, 2.24) is 4.98 Å². The van der Waals surface area contributed by atoms with Gasteiger partial charge in [-0.1, -0.05) is 17.7 Å². The average molecular weight is 331 g/mol. The fraction of sp³-hybridized carbons (Fsp3) is 0.353. The SMILES string of the molecule is CC1(C)OB(c2cc(Cl)cc(Nc3ccccn3)c2)OC1(C)C. The van der Waals surface area contributed by atoms with Crippen LogP contribution in [0.5, 0.6) is 0 Å². The highest BCUT2D eigenvalue weighted by Gasteiger charge is 2.51. The molecule has 1 saturated heterocycles. The van der Waals surface area contributed by atoms with E-state index >= 15 is 0 Å². The van der Waals surface area contributed by atoms with Crippen molar-refractivity contribution >= 4 is 35.7 Å². The normalized spacial score (nSPS) is 18.9. The van der Waals surface area contributed by atoms with Gasteiger partial charge in [0.05, 0.1) is 11.2 Å². The van der Waals surface area contributed by atoms with Crippen molar-refractivity contribution in [2.75, 3.05) is 5.32 Å². The monoisotopic (exact) mass is 330 g/mol. The van der Waals surface area contributed by atoms with Gasteiger partial charge >= 0.3 is 7.12 Å². The maximum absolute atomic E-state index is 6.27. The second-order valence-electron chi connectivity index (χ2n) is 6.70. The summed E-state index contributed by atoms with van der Waals surface area (Å²) in [5.74, 6) is 0.759. The summed E-state index contributed by atoms with van der Waals surface area (Å²) in [4.78, 5) is 4.26. The van der Waals surface area contributed by atoms with Crippen LogP contribution in [0.1, 0.15) is 27.7 Å². The Kier molecular flexibility index (Phi) is 4.13. The van der Waals surface area contributed by atoms with E-state index in [4.69, 9.17) is 20.9 Å². The fourth-order valence-electron chi connectivity index (χ4n) is 2.38. The highest BCUT2D eigenvalue weighted by atomic mass is 35.5. The van der Waals surface area contributed by atoms with Gasteiger partial charge < -0.3 is 14.6 Å². The summed E-state index contributed by atoms with van der Waals surface area (Å²) in [7, 11) is -0.442. The van der Waals surface area contributed by atoms with Crippen LogP contribution in [-0.2, 0) is 9.31 Å². The first kappa shape index (κ1) is 16.3. The summed E-state index contributed by atoms with van der Waals surface area (Å²) < 4.78 is 12.2. The summed E-state index contributed by atoms with van der Waals surface area (Å²) in [5, 5.41) is 3.86. The molecule has 1 aromatic carbocycles. The molecule has 0 atom stereocenters. The smallest absolute Gasteiger partial charge is 0.399 e. The maximum atomic E-state index is 6.27. The number of pyridine rings is 1. The third-order valence-corrected chi connectivity index (χ3v) is 4.60. The molecule has 0 unspecified atom stereocenters. The lowest BCUT2D eigenvalue weighted by molar-refractivity contribution is 0.00578. The van der Waals surface area contributed by atoms with Crippen molar-refractivity contribution in [3.8, 4) is 0 Å². The lowest BCUT2D eigenvalue weighted by atomic mass is 9.79. The van der Waals surface area contributed by atoms with Gasteiger partial charge in [0.2, 0.25) is 0 Å². The molecule has 1 aliphatic heterocycles. The maximum Gasteiger partial charge on any atom is 0.494 e. The number of nitrogens with one attached hydrogen (secondary N) is 1. The molecule has 0 spiro atoms. The quantitative estimate of drug-likeness (QED) is 0.870. The predicted octanol–water partition coefficient (Wildman–Crippen LogP) is 3.78. The van der Waals surface area contributed by atoms with E-state index in [2.05, 4.69) is 10.3 Å². The standard InChI is InChI=1S/C17H20BClN2O2/c1-16(2)17(3,4)23-18(22-16)12-9-13(19)11-14(10-12)21-15-7-5-6-8-20-15/h5-11H,1-4H3,(H,20,21). The van der Waals surface area contributed by atoms with Crippen LogP contribution in [0.15, 0.2) is 42.6 Å². The fourth-order valence-corrected chi connectivity index (χ4v) is 2.63. The minimum Gasteiger partial charge on any atom is -0.399 e. The van der Waals surface area contributed by atoms with E-state index in [0.717, 1.165) is 17.0 Å². The Hall–Kier alpha value is -1.56. The van der Waals surface area contributed by atoms with Crippen molar-refractivity contribution in [2.45, 2.75) is 38.9 Å². The van der Waals surface area contributed by atoms with Crippen molar-refractivity contribution in [2.24, 2.45) is 0 Å². The second-order valence-corrected chi connectivity index (χ2v) is 7.14. The van der Waals surface area contributed by atoms with E-state index in [1.165, 1.54) is 0 Å². The van der Waals surface area contributed by atoms with Gasteiger partial charge in [0.1, 0.15) is 5.82 Å². The molecule has 2 aromatic rings. The Labute approximate surface area is 142 Å². The van der Waals surface area contributed by atoms with Crippen molar-refractivity contribution in [1.29, 1.82) is 0 Å². The van der Waals surface area contributed by atoms with Gasteiger partial charge in [0.15, 0.2) is 0 Å². The summed E-state index contributed by atoms with van der Waals surface area (Å²) in [5.41, 5.74) is 0.971. The topological polar surface area (TPSA) is 43.4 Å². The summed E-state index contributed by atoms with van der Waals surface area (Å²) in [6.07, 6.45) is 1.74. The predicted molar refractivity (Wildman–Crippen MR) is 94.7 cm³/mol. The Bertz CT molecular complexity index is 691. The van der Waals surface area contributed by atoms with Crippen LogP contribution in [-0.4, -0.2) is 23.3 Å². The van der Waals surface area contributed by atoms with Gasteiger partial charge in [0.25, 0.3) is 0 Å². The van der Waals surface area contributed by atoms with E-state index in [9.17, 15) is 0 Å². The number of nitrogens with zero attached hydrogens (tertiary/aromatic N) is 1. The number of hydrogen-bond donors (Lipinski definition) is 1. The molecule has 2 heterocycles. The first-order valence-corrected chi connectivity index (χ1v) is 7.99. The third-order valence-electron chi connectivity index (χ3n) is 4.38. The van der Waals surface area contributed by atoms with E-state index in [-0.39, 0.29) is 11.2 Å². The minimum absolute atomic E-state index is 0.380. The molecule has 0 bridgehead atoms. The van der Waals surface area contributed by atoms with Crippen LogP contribution in [0.2, 0.25) is 5.02 Å². The molecule has 0 amide bonds. The van der Waals surface area contributed by atoms with Crippen LogP contribution >= 0.6 is 11.6 Å². The second kappa shape index (κ2) is 5.82. The first-order chi connectivity index (χ1) is 10.8. The molecule has 1 aromatic heterocycles. The molecule has 6 heteroatoms. The Morgan fingerprint density at radius 2 is 1.74 bits per heavy atom. The zero-order valence-electron chi connectivity index (χ0n) is 13.8. The molecule has 1 N–H and O–H groups in total. The highest BCUT2D eigenvalue weighted by molar-refractivity contribution is 6.62. The number of anilines is 2. The molecule has 1 aliphatic rings. The van der Waals surface area contributed by atoms with Gasteiger partial charge in [0, 0.05) is 16.9 Å². The molecule has 1 fully saturated rings. The molecule has 4 nitrogen and oxygen atoms in total.